The third-order valence-corrected chi connectivity index (χ3v) is 3.63. The molecule has 0 radical (unpaired) electrons. The van der Waals surface area contributed by atoms with Gasteiger partial charge in [-0.1, -0.05) is 6.07 Å². The Labute approximate surface area is 107 Å². The largest absolute Gasteiger partial charge is 0.508 e. The van der Waals surface area contributed by atoms with Gasteiger partial charge in [-0.05, 0) is 45.4 Å². The molecule has 1 aromatic rings. The molecule has 4 nitrogen and oxygen atoms in total. The van der Waals surface area contributed by atoms with E-state index in [-0.39, 0.29) is 17.7 Å². The number of benzene rings is 1. The van der Waals surface area contributed by atoms with E-state index >= 15 is 0 Å². The average Bonchev–Trinajstić information content (AvgIpc) is 2.35. The molecule has 1 heterocycles. The molecule has 18 heavy (non-hydrogen) atoms. The van der Waals surface area contributed by atoms with E-state index in [9.17, 15) is 9.90 Å². The number of aromatic hydroxyl groups is 1. The fourth-order valence-corrected chi connectivity index (χ4v) is 2.36. The second-order valence-electron chi connectivity index (χ2n) is 4.91. The number of phenolic OH excluding ortho intramolecular Hbond substituents is 1. The molecule has 0 bridgehead atoms. The van der Waals surface area contributed by atoms with Crippen LogP contribution in [-0.2, 0) is 0 Å². The summed E-state index contributed by atoms with van der Waals surface area (Å²) in [5, 5.41) is 16.0. The predicted molar refractivity (Wildman–Crippen MR) is 70.8 cm³/mol. The molecule has 1 aliphatic rings. The van der Waals surface area contributed by atoms with Gasteiger partial charge in [-0.15, -0.1) is 0 Å². The van der Waals surface area contributed by atoms with Crippen LogP contribution < -0.4 is 10.6 Å². The number of phenols is 1. The number of hydrogen-bond acceptors (Lipinski definition) is 3. The summed E-state index contributed by atoms with van der Waals surface area (Å²) < 4.78 is 0. The van der Waals surface area contributed by atoms with Gasteiger partial charge in [-0.2, -0.15) is 0 Å². The Balaban J connectivity index is 2.09. The monoisotopic (exact) mass is 248 g/mol. The van der Waals surface area contributed by atoms with Crippen LogP contribution in [0.5, 0.6) is 5.75 Å². The molecule has 98 valence electrons. The Morgan fingerprint density at radius 3 is 3.00 bits per heavy atom. The van der Waals surface area contributed by atoms with Crippen molar-refractivity contribution in [3.05, 3.63) is 29.3 Å². The standard InChI is InChI=1S/C14H20N2O2/c1-9-11(5-3-7-13(9)17)14(18)16-12-6-4-8-15-10(12)2/h3,5,7,10,12,15,17H,4,6,8H2,1-2H3,(H,16,18). The normalized spacial score (nSPS) is 23.7. The number of piperidine rings is 1. The van der Waals surface area contributed by atoms with E-state index in [4.69, 9.17) is 0 Å². The van der Waals surface area contributed by atoms with Crippen molar-refractivity contribution in [2.75, 3.05) is 6.54 Å². The van der Waals surface area contributed by atoms with E-state index in [2.05, 4.69) is 17.6 Å². The van der Waals surface area contributed by atoms with Crippen molar-refractivity contribution in [2.24, 2.45) is 0 Å². The minimum Gasteiger partial charge on any atom is -0.508 e. The van der Waals surface area contributed by atoms with E-state index in [1.807, 2.05) is 0 Å². The number of nitrogens with one attached hydrogen (secondary N) is 2. The summed E-state index contributed by atoms with van der Waals surface area (Å²) in [5.41, 5.74) is 1.18. The molecular formula is C14H20N2O2. The maximum atomic E-state index is 12.2. The van der Waals surface area contributed by atoms with E-state index in [0.29, 0.717) is 17.2 Å². The highest BCUT2D eigenvalue weighted by molar-refractivity contribution is 5.96. The van der Waals surface area contributed by atoms with Crippen molar-refractivity contribution in [1.82, 2.24) is 10.6 Å². The Kier molecular flexibility index (Phi) is 3.87. The molecule has 2 unspecified atom stereocenters. The molecule has 3 N–H and O–H groups in total. The van der Waals surface area contributed by atoms with Crippen LogP contribution in [0.15, 0.2) is 18.2 Å². The van der Waals surface area contributed by atoms with Crippen LogP contribution in [0.3, 0.4) is 0 Å². The van der Waals surface area contributed by atoms with E-state index < -0.39 is 0 Å². The van der Waals surface area contributed by atoms with E-state index in [1.54, 1.807) is 25.1 Å². The summed E-state index contributed by atoms with van der Waals surface area (Å²) in [6, 6.07) is 5.48. The third-order valence-electron chi connectivity index (χ3n) is 3.63. The van der Waals surface area contributed by atoms with Crippen LogP contribution in [0, 0.1) is 6.92 Å². The molecule has 2 atom stereocenters. The molecule has 2 rings (SSSR count). The van der Waals surface area contributed by atoms with Gasteiger partial charge in [-0.3, -0.25) is 4.79 Å². The number of hydrogen-bond donors (Lipinski definition) is 3. The van der Waals surface area contributed by atoms with Crippen LogP contribution in [0.1, 0.15) is 35.7 Å². The third kappa shape index (κ3) is 2.64. The van der Waals surface area contributed by atoms with Gasteiger partial charge in [0.1, 0.15) is 5.75 Å². The molecule has 0 aromatic heterocycles. The fraction of sp³-hybridized carbons (Fsp3) is 0.500. The first-order valence-electron chi connectivity index (χ1n) is 6.42. The number of amides is 1. The lowest BCUT2D eigenvalue weighted by Gasteiger charge is -2.30. The zero-order valence-corrected chi connectivity index (χ0v) is 10.9. The Morgan fingerprint density at radius 2 is 2.28 bits per heavy atom. The molecule has 4 heteroatoms. The first kappa shape index (κ1) is 12.9. The lowest BCUT2D eigenvalue weighted by atomic mass is 9.99. The second kappa shape index (κ2) is 5.40. The number of carbonyl (C=O) groups excluding carboxylic acids is 1. The Hall–Kier alpha value is -1.55. The summed E-state index contributed by atoms with van der Waals surface area (Å²) in [7, 11) is 0. The molecule has 0 spiro atoms. The maximum Gasteiger partial charge on any atom is 0.251 e. The van der Waals surface area contributed by atoms with Crippen LogP contribution >= 0.6 is 0 Å². The highest BCUT2D eigenvalue weighted by Gasteiger charge is 2.23. The number of carbonyl (C=O) groups is 1. The maximum absolute atomic E-state index is 12.2. The van der Waals surface area contributed by atoms with Crippen molar-refractivity contribution < 1.29 is 9.90 Å². The molecule has 0 saturated carbocycles. The van der Waals surface area contributed by atoms with Gasteiger partial charge < -0.3 is 15.7 Å². The van der Waals surface area contributed by atoms with Gasteiger partial charge in [0.2, 0.25) is 0 Å². The van der Waals surface area contributed by atoms with Gasteiger partial charge in [0.05, 0.1) is 0 Å². The van der Waals surface area contributed by atoms with Gasteiger partial charge >= 0.3 is 0 Å². The quantitative estimate of drug-likeness (QED) is 0.744. The molecule has 1 aromatic carbocycles. The first-order valence-corrected chi connectivity index (χ1v) is 6.42. The van der Waals surface area contributed by atoms with Gasteiger partial charge in [0.15, 0.2) is 0 Å². The highest BCUT2D eigenvalue weighted by Crippen LogP contribution is 2.20. The summed E-state index contributed by atoms with van der Waals surface area (Å²) >= 11 is 0. The molecule has 0 aliphatic carbocycles. The summed E-state index contributed by atoms with van der Waals surface area (Å²) in [4.78, 5) is 12.2. The predicted octanol–water partition coefficient (Wildman–Crippen LogP) is 1.57. The van der Waals surface area contributed by atoms with Gasteiger partial charge in [-0.25, -0.2) is 0 Å². The summed E-state index contributed by atoms with van der Waals surface area (Å²) in [5.74, 6) is 0.0569. The minimum absolute atomic E-state index is 0.107. The van der Waals surface area contributed by atoms with Crippen molar-refractivity contribution >= 4 is 5.91 Å². The lowest BCUT2D eigenvalue weighted by molar-refractivity contribution is 0.0919. The smallest absolute Gasteiger partial charge is 0.251 e. The van der Waals surface area contributed by atoms with Crippen molar-refractivity contribution in [2.45, 2.75) is 38.8 Å². The van der Waals surface area contributed by atoms with Crippen LogP contribution in [0.2, 0.25) is 0 Å². The molecule has 1 fully saturated rings. The SMILES string of the molecule is Cc1c(O)cccc1C(=O)NC1CCCNC1C. The van der Waals surface area contributed by atoms with Crippen LogP contribution in [0.4, 0.5) is 0 Å². The average molecular weight is 248 g/mol. The molecule has 1 saturated heterocycles. The topological polar surface area (TPSA) is 61.4 Å². The highest BCUT2D eigenvalue weighted by atomic mass is 16.3. The lowest BCUT2D eigenvalue weighted by Crippen LogP contribution is -2.52. The van der Waals surface area contributed by atoms with E-state index in [0.717, 1.165) is 19.4 Å². The van der Waals surface area contributed by atoms with E-state index in [1.165, 1.54) is 0 Å². The van der Waals surface area contributed by atoms with Crippen LogP contribution in [-0.4, -0.2) is 29.6 Å². The number of rotatable bonds is 2. The van der Waals surface area contributed by atoms with Crippen molar-refractivity contribution in [3.8, 4) is 5.75 Å². The Bertz CT molecular complexity index is 445. The van der Waals surface area contributed by atoms with Gasteiger partial charge in [0.25, 0.3) is 5.91 Å². The van der Waals surface area contributed by atoms with Crippen LogP contribution in [0.25, 0.3) is 0 Å². The van der Waals surface area contributed by atoms with Crippen molar-refractivity contribution in [1.29, 1.82) is 0 Å². The zero-order valence-electron chi connectivity index (χ0n) is 10.9. The fourth-order valence-electron chi connectivity index (χ4n) is 2.36. The van der Waals surface area contributed by atoms with Gasteiger partial charge in [0, 0.05) is 23.2 Å². The van der Waals surface area contributed by atoms with Crippen molar-refractivity contribution in [3.63, 3.8) is 0 Å². The minimum atomic E-state index is -0.107. The molecule has 1 aliphatic heterocycles. The zero-order chi connectivity index (χ0) is 13.1. The summed E-state index contributed by atoms with van der Waals surface area (Å²) in [6.07, 6.45) is 2.08. The second-order valence-corrected chi connectivity index (χ2v) is 4.91. The Morgan fingerprint density at radius 1 is 1.50 bits per heavy atom. The summed E-state index contributed by atoms with van der Waals surface area (Å²) in [6.45, 7) is 4.85. The molecule has 1 amide bonds. The first-order chi connectivity index (χ1) is 8.59. The molecular weight excluding hydrogens is 228 g/mol.